The van der Waals surface area contributed by atoms with Gasteiger partial charge in [0.2, 0.25) is 0 Å². The van der Waals surface area contributed by atoms with Gasteiger partial charge in [0.1, 0.15) is 11.4 Å². The Morgan fingerprint density at radius 3 is 0.842 bits per heavy atom. The van der Waals surface area contributed by atoms with Crippen LogP contribution in [0.4, 0.5) is 75.4 Å². The Hall–Kier alpha value is -4.05. The third-order valence-corrected chi connectivity index (χ3v) is 4.83. The molecule has 0 bridgehead atoms. The van der Waals surface area contributed by atoms with E-state index in [2.05, 4.69) is 0 Å². The van der Waals surface area contributed by atoms with Gasteiger partial charge in [-0.3, -0.25) is 14.4 Å². The normalized spacial score (nSPS) is 13.1. The van der Waals surface area contributed by atoms with E-state index < -0.39 is 86.0 Å². The first-order valence-corrected chi connectivity index (χ1v) is 9.59. The van der Waals surface area contributed by atoms with Gasteiger partial charge in [-0.05, 0) is 36.4 Å². The Balaban J connectivity index is 2.19. The Labute approximate surface area is 201 Å². The molecule has 0 aromatic heterocycles. The smallest absolute Gasteiger partial charge is 0.350 e. The van der Waals surface area contributed by atoms with Crippen LogP contribution >= 0.6 is 0 Å². The summed E-state index contributed by atoms with van der Waals surface area (Å²) in [5.41, 5.74) is -17.9. The Kier molecular flexibility index (Phi) is 6.80. The summed E-state index contributed by atoms with van der Waals surface area (Å²) in [6.45, 7) is 0. The van der Waals surface area contributed by atoms with Gasteiger partial charge in [-0.15, -0.1) is 0 Å². The van der Waals surface area contributed by atoms with Crippen LogP contribution in [-0.2, 0) is 24.7 Å². The van der Waals surface area contributed by atoms with Gasteiger partial charge in [0.25, 0.3) is 16.3 Å². The lowest BCUT2D eigenvalue weighted by atomic mass is 10.1. The molecule has 0 aliphatic carbocycles. The van der Waals surface area contributed by atoms with Gasteiger partial charge < -0.3 is 10.6 Å². The van der Waals surface area contributed by atoms with E-state index in [1.165, 1.54) is 0 Å². The minimum absolute atomic E-state index is 0.0619. The van der Waals surface area contributed by atoms with Crippen molar-refractivity contribution in [2.75, 3.05) is 10.6 Å². The van der Waals surface area contributed by atoms with Crippen LogP contribution in [0.2, 0.25) is 0 Å². The number of hydrogen-bond acceptors (Lipinski definition) is 5. The van der Waals surface area contributed by atoms with Gasteiger partial charge in [0, 0.05) is 11.4 Å². The van der Waals surface area contributed by atoms with Crippen LogP contribution in [0.15, 0.2) is 50.8 Å². The zero-order valence-electron chi connectivity index (χ0n) is 17.7. The highest BCUT2D eigenvalue weighted by Gasteiger charge is 2.38. The number of halogens is 12. The van der Waals surface area contributed by atoms with E-state index in [-0.39, 0.29) is 36.4 Å². The number of rotatable bonds is 4. The number of nitrogens with one attached hydrogen (secondary N) is 2. The lowest BCUT2D eigenvalue weighted by Gasteiger charge is -2.17. The average Bonchev–Trinajstić information content (AvgIpc) is 2.95. The number of benzene rings is 2. The minimum atomic E-state index is -5.34. The molecule has 0 spiro atoms. The molecule has 0 aliphatic heterocycles. The highest BCUT2D eigenvalue weighted by molar-refractivity contribution is 5.80. The monoisotopic (exact) mass is 564 g/mol. The molecule has 0 saturated heterocycles. The highest BCUT2D eigenvalue weighted by atomic mass is 19.4. The maximum Gasteiger partial charge on any atom is 0.416 e. The van der Waals surface area contributed by atoms with Crippen LogP contribution in [0.25, 0.3) is 0 Å². The maximum atomic E-state index is 13.1. The van der Waals surface area contributed by atoms with Gasteiger partial charge in [-0.2, -0.15) is 52.7 Å². The molecular formula is C21H8F12N2O3. The molecule has 3 aromatic rings. The molecule has 3 rings (SSSR count). The second-order valence-corrected chi connectivity index (χ2v) is 7.58. The third-order valence-electron chi connectivity index (χ3n) is 4.83. The molecule has 0 fully saturated rings. The third kappa shape index (κ3) is 5.91. The van der Waals surface area contributed by atoms with Crippen LogP contribution in [0.3, 0.4) is 0 Å². The molecule has 0 unspecified atom stereocenters. The Morgan fingerprint density at radius 1 is 0.395 bits per heavy atom. The van der Waals surface area contributed by atoms with Crippen LogP contribution in [0.1, 0.15) is 22.3 Å². The van der Waals surface area contributed by atoms with Crippen molar-refractivity contribution < 1.29 is 52.7 Å². The molecule has 0 amide bonds. The largest absolute Gasteiger partial charge is 0.416 e. The molecule has 38 heavy (non-hydrogen) atoms. The molecule has 3 aromatic carbocycles. The molecule has 5 nitrogen and oxygen atoms in total. The van der Waals surface area contributed by atoms with Crippen LogP contribution in [0.5, 0.6) is 0 Å². The van der Waals surface area contributed by atoms with Crippen molar-refractivity contribution >= 4 is 22.7 Å². The fraction of sp³-hybridized carbons (Fsp3) is 0.190. The number of hydrogen-bond donors (Lipinski definition) is 2. The fourth-order valence-corrected chi connectivity index (χ4v) is 3.14. The Morgan fingerprint density at radius 2 is 0.632 bits per heavy atom. The molecule has 0 saturated carbocycles. The van der Waals surface area contributed by atoms with E-state index in [0.717, 1.165) is 0 Å². The van der Waals surface area contributed by atoms with Gasteiger partial charge in [0.05, 0.1) is 22.3 Å². The van der Waals surface area contributed by atoms with Crippen molar-refractivity contribution in [3.05, 3.63) is 89.3 Å². The molecule has 0 heterocycles. The molecule has 204 valence electrons. The summed E-state index contributed by atoms with van der Waals surface area (Å²) < 4.78 is 157. The van der Waals surface area contributed by atoms with E-state index in [1.807, 2.05) is 0 Å². The molecule has 0 aliphatic rings. The second-order valence-electron chi connectivity index (χ2n) is 7.58. The van der Waals surface area contributed by atoms with E-state index >= 15 is 0 Å². The topological polar surface area (TPSA) is 75.3 Å². The number of alkyl halides is 12. The first kappa shape index (κ1) is 28.5. The lowest BCUT2D eigenvalue weighted by molar-refractivity contribution is -0.144. The van der Waals surface area contributed by atoms with E-state index in [9.17, 15) is 67.1 Å². The molecular weight excluding hydrogens is 556 g/mol. The zero-order chi connectivity index (χ0) is 29.0. The molecule has 2 N–H and O–H groups in total. The summed E-state index contributed by atoms with van der Waals surface area (Å²) in [6.07, 6.45) is -21.4. The SMILES string of the molecule is O=c1c(Nc2cc(C(F)(F)F)cc(C(F)(F)F)c2)c(Nc2cc(C(F)(F)F)cc(C(F)(F)F)c2)c(=O)c1=O. The van der Waals surface area contributed by atoms with Crippen LogP contribution in [-0.4, -0.2) is 0 Å². The summed E-state index contributed by atoms with van der Waals surface area (Å²) in [4.78, 5) is 36.3. The lowest BCUT2D eigenvalue weighted by Crippen LogP contribution is -2.30. The quantitative estimate of drug-likeness (QED) is 0.292. The highest BCUT2D eigenvalue weighted by Crippen LogP contribution is 2.40. The molecule has 0 atom stereocenters. The van der Waals surface area contributed by atoms with Gasteiger partial charge in [0.15, 0.2) is 0 Å². The van der Waals surface area contributed by atoms with Crippen molar-refractivity contribution in [1.29, 1.82) is 0 Å². The fourth-order valence-electron chi connectivity index (χ4n) is 3.14. The standard InChI is InChI=1S/C21H8F12N2O3/c22-18(23,24)7-1-8(19(25,26)27)4-11(3-7)34-13-14(16(37)17(38)15(13)36)35-12-5-9(20(28,29)30)2-10(6-12)21(31,32)33/h1-6,34-35H. The van der Waals surface area contributed by atoms with Crippen molar-refractivity contribution in [3.63, 3.8) is 0 Å². The number of anilines is 4. The van der Waals surface area contributed by atoms with Crippen LogP contribution < -0.4 is 26.9 Å². The zero-order valence-corrected chi connectivity index (χ0v) is 17.7. The summed E-state index contributed by atoms with van der Waals surface area (Å²) in [5, 5.41) is 3.44. The van der Waals surface area contributed by atoms with E-state index in [1.54, 1.807) is 10.6 Å². The Bertz CT molecular complexity index is 1350. The summed E-state index contributed by atoms with van der Waals surface area (Å²) in [5.74, 6) is 0. The summed E-state index contributed by atoms with van der Waals surface area (Å²) in [6, 6.07) is -0.322. The summed E-state index contributed by atoms with van der Waals surface area (Å²) in [7, 11) is 0. The van der Waals surface area contributed by atoms with Gasteiger partial charge >= 0.3 is 24.7 Å². The van der Waals surface area contributed by atoms with Crippen molar-refractivity contribution in [3.8, 4) is 0 Å². The predicted octanol–water partition coefficient (Wildman–Crippen LogP) is 6.21. The average molecular weight is 564 g/mol. The minimum Gasteiger partial charge on any atom is -0.350 e. The summed E-state index contributed by atoms with van der Waals surface area (Å²) >= 11 is 0. The van der Waals surface area contributed by atoms with Crippen molar-refractivity contribution in [2.24, 2.45) is 0 Å². The van der Waals surface area contributed by atoms with Gasteiger partial charge in [-0.25, -0.2) is 0 Å². The van der Waals surface area contributed by atoms with Crippen molar-refractivity contribution in [1.82, 2.24) is 0 Å². The van der Waals surface area contributed by atoms with Gasteiger partial charge in [-0.1, -0.05) is 0 Å². The molecule has 0 radical (unpaired) electrons. The predicted molar refractivity (Wildman–Crippen MR) is 107 cm³/mol. The first-order chi connectivity index (χ1) is 17.1. The second kappa shape index (κ2) is 9.05. The van der Waals surface area contributed by atoms with E-state index in [4.69, 9.17) is 0 Å². The molecule has 17 heteroatoms. The maximum absolute atomic E-state index is 13.1. The van der Waals surface area contributed by atoms with E-state index in [0.29, 0.717) is 0 Å². The first-order valence-electron chi connectivity index (χ1n) is 9.59. The van der Waals surface area contributed by atoms with Crippen molar-refractivity contribution in [2.45, 2.75) is 24.7 Å². The van der Waals surface area contributed by atoms with Crippen LogP contribution in [0, 0.1) is 0 Å².